The predicted octanol–water partition coefficient (Wildman–Crippen LogP) is 2.65. The molecule has 2 aromatic heterocycles. The lowest BCUT2D eigenvalue weighted by atomic mass is 10.0. The highest BCUT2D eigenvalue weighted by atomic mass is 19.1. The molecule has 6 rings (SSSR count). The Balaban J connectivity index is 1.25. The summed E-state index contributed by atoms with van der Waals surface area (Å²) in [6.45, 7) is 6.31. The molecule has 10 heteroatoms. The molecule has 0 spiro atoms. The van der Waals surface area contributed by atoms with E-state index in [2.05, 4.69) is 30.3 Å². The van der Waals surface area contributed by atoms with Gasteiger partial charge >= 0.3 is 0 Å². The highest BCUT2D eigenvalue weighted by Gasteiger charge is 2.43. The number of fused-ring (bicyclic) bond motifs is 4. The fraction of sp³-hybridized carbons (Fsp3) is 0.500. The molecule has 9 nitrogen and oxygen atoms in total. The number of halogens is 1. The van der Waals surface area contributed by atoms with Crippen LogP contribution in [0.25, 0.3) is 5.65 Å². The van der Waals surface area contributed by atoms with Gasteiger partial charge in [0.05, 0.1) is 12.8 Å². The first-order valence-electron chi connectivity index (χ1n) is 11.9. The number of hydrogen-bond acceptors (Lipinski definition) is 7. The Morgan fingerprint density at radius 3 is 2.82 bits per heavy atom. The van der Waals surface area contributed by atoms with Crippen molar-refractivity contribution in [2.75, 3.05) is 29.9 Å². The van der Waals surface area contributed by atoms with Crippen LogP contribution in [0.15, 0.2) is 24.7 Å². The van der Waals surface area contributed by atoms with Crippen molar-refractivity contribution in [1.29, 1.82) is 0 Å². The number of carbonyl (C=O) groups is 1. The maximum absolute atomic E-state index is 14.5. The molecule has 3 aromatic rings. The molecule has 5 heterocycles. The van der Waals surface area contributed by atoms with Crippen LogP contribution in [0.3, 0.4) is 0 Å². The van der Waals surface area contributed by atoms with E-state index in [0.29, 0.717) is 30.2 Å². The molecule has 2 unspecified atom stereocenters. The third-order valence-electron chi connectivity index (χ3n) is 7.25. The van der Waals surface area contributed by atoms with Crippen molar-refractivity contribution < 1.29 is 13.9 Å². The molecule has 3 aliphatic rings. The maximum Gasteiger partial charge on any atom is 0.225 e. The first-order valence-corrected chi connectivity index (χ1v) is 11.9. The minimum atomic E-state index is -0.252. The van der Waals surface area contributed by atoms with Crippen molar-refractivity contribution in [3.05, 3.63) is 41.6 Å². The average molecular weight is 466 g/mol. The fourth-order valence-corrected chi connectivity index (χ4v) is 5.59. The van der Waals surface area contributed by atoms with E-state index in [1.165, 1.54) is 6.07 Å². The normalized spacial score (nSPS) is 21.3. The van der Waals surface area contributed by atoms with Crippen molar-refractivity contribution >= 4 is 23.2 Å². The lowest BCUT2D eigenvalue weighted by molar-refractivity contribution is -0.137. The fourth-order valence-electron chi connectivity index (χ4n) is 5.59. The van der Waals surface area contributed by atoms with Crippen LogP contribution in [0, 0.1) is 11.7 Å². The van der Waals surface area contributed by atoms with E-state index in [4.69, 9.17) is 4.74 Å². The van der Waals surface area contributed by atoms with Gasteiger partial charge in [-0.15, -0.1) is 10.2 Å². The first kappa shape index (κ1) is 21.1. The second-order valence-electron chi connectivity index (χ2n) is 9.64. The maximum atomic E-state index is 14.5. The zero-order valence-electron chi connectivity index (χ0n) is 19.4. The van der Waals surface area contributed by atoms with Gasteiger partial charge in [-0.2, -0.15) is 0 Å². The Bertz CT molecular complexity index is 1250. The standard InChI is InChI=1S/C24H28FN7O2/c1-14(2)23(33)32-15-3-4-16(32)12-30(11-15)20-10-27-24(31-13-28-29-22(20)31)26-9-18-17-7-8-34-21(17)6-5-19(18)25/h5-6,10,13-16H,3-4,7-9,11-12H2,1-2H3,(H,26,27). The summed E-state index contributed by atoms with van der Waals surface area (Å²) in [6.07, 6.45) is 6.17. The summed E-state index contributed by atoms with van der Waals surface area (Å²) < 4.78 is 21.9. The van der Waals surface area contributed by atoms with Gasteiger partial charge in [0.25, 0.3) is 0 Å². The number of hydrogen-bond donors (Lipinski definition) is 1. The lowest BCUT2D eigenvalue weighted by Crippen LogP contribution is -2.57. The third-order valence-corrected chi connectivity index (χ3v) is 7.25. The van der Waals surface area contributed by atoms with Crippen molar-refractivity contribution in [2.45, 2.75) is 51.7 Å². The number of carbonyl (C=O) groups excluding carboxylic acids is 1. The highest BCUT2D eigenvalue weighted by Crippen LogP contribution is 2.35. The summed E-state index contributed by atoms with van der Waals surface area (Å²) in [5, 5.41) is 11.7. The number of anilines is 2. The SMILES string of the molecule is CC(C)C(=O)N1C2CCC1CN(c1cnc(NCc3c(F)ccc4c3CCO4)n3cnnc13)C2. The molecule has 2 atom stereocenters. The topological polar surface area (TPSA) is 87.9 Å². The molecule has 1 aromatic carbocycles. The number of aromatic nitrogens is 4. The van der Waals surface area contributed by atoms with Crippen molar-refractivity contribution in [1.82, 2.24) is 24.5 Å². The number of amides is 1. The number of benzene rings is 1. The molecular formula is C24H28FN7O2. The van der Waals surface area contributed by atoms with Gasteiger partial charge in [-0.1, -0.05) is 13.8 Å². The van der Waals surface area contributed by atoms with Crippen LogP contribution >= 0.6 is 0 Å². The van der Waals surface area contributed by atoms with Gasteiger partial charge in [0.2, 0.25) is 11.9 Å². The second kappa shape index (κ2) is 8.11. The first-order chi connectivity index (χ1) is 16.5. The number of rotatable bonds is 5. The van der Waals surface area contributed by atoms with Crippen LogP contribution in [0.2, 0.25) is 0 Å². The minimum Gasteiger partial charge on any atom is -0.493 e. The summed E-state index contributed by atoms with van der Waals surface area (Å²) in [5.41, 5.74) is 3.11. The largest absolute Gasteiger partial charge is 0.493 e. The van der Waals surface area contributed by atoms with Gasteiger partial charge in [0, 0.05) is 55.2 Å². The van der Waals surface area contributed by atoms with Crippen LogP contribution in [0.5, 0.6) is 5.75 Å². The summed E-state index contributed by atoms with van der Waals surface area (Å²) in [5.74, 6) is 1.30. The van der Waals surface area contributed by atoms with Gasteiger partial charge in [-0.25, -0.2) is 13.8 Å². The monoisotopic (exact) mass is 465 g/mol. The molecule has 0 aliphatic carbocycles. The molecule has 3 aliphatic heterocycles. The number of nitrogens with zero attached hydrogens (tertiary/aromatic N) is 6. The Morgan fingerprint density at radius 2 is 2.06 bits per heavy atom. The molecule has 0 saturated carbocycles. The van der Waals surface area contributed by atoms with E-state index < -0.39 is 0 Å². The summed E-state index contributed by atoms with van der Waals surface area (Å²) in [4.78, 5) is 21.7. The zero-order chi connectivity index (χ0) is 23.4. The lowest BCUT2D eigenvalue weighted by Gasteiger charge is -2.42. The third kappa shape index (κ3) is 3.35. The summed E-state index contributed by atoms with van der Waals surface area (Å²) in [6, 6.07) is 3.55. The van der Waals surface area contributed by atoms with E-state index in [1.54, 1.807) is 23.0 Å². The highest BCUT2D eigenvalue weighted by molar-refractivity contribution is 5.80. The predicted molar refractivity (Wildman–Crippen MR) is 124 cm³/mol. The summed E-state index contributed by atoms with van der Waals surface area (Å²) in [7, 11) is 0. The molecular weight excluding hydrogens is 437 g/mol. The van der Waals surface area contributed by atoms with E-state index in [0.717, 1.165) is 42.9 Å². The van der Waals surface area contributed by atoms with E-state index in [9.17, 15) is 9.18 Å². The molecule has 2 saturated heterocycles. The van der Waals surface area contributed by atoms with Gasteiger partial charge < -0.3 is 19.9 Å². The summed E-state index contributed by atoms with van der Waals surface area (Å²) >= 11 is 0. The van der Waals surface area contributed by atoms with Gasteiger partial charge in [0.1, 0.15) is 23.6 Å². The van der Waals surface area contributed by atoms with Crippen LogP contribution < -0.4 is 15.0 Å². The van der Waals surface area contributed by atoms with Gasteiger partial charge in [-0.3, -0.25) is 4.79 Å². The zero-order valence-corrected chi connectivity index (χ0v) is 19.4. The average Bonchev–Trinajstić information content (AvgIpc) is 3.55. The number of piperazine rings is 1. The van der Waals surface area contributed by atoms with Crippen LogP contribution in [-0.4, -0.2) is 62.2 Å². The Labute approximate surface area is 196 Å². The van der Waals surface area contributed by atoms with Crippen LogP contribution in [-0.2, 0) is 17.8 Å². The molecule has 1 N–H and O–H groups in total. The van der Waals surface area contributed by atoms with Gasteiger partial charge in [-0.05, 0) is 25.0 Å². The molecule has 2 fully saturated rings. The molecule has 2 bridgehead atoms. The van der Waals surface area contributed by atoms with Crippen LogP contribution in [0.4, 0.5) is 16.0 Å². The minimum absolute atomic E-state index is 0.00659. The molecule has 0 radical (unpaired) electrons. The molecule has 178 valence electrons. The number of nitrogens with one attached hydrogen (secondary N) is 1. The molecule has 34 heavy (non-hydrogen) atoms. The second-order valence-corrected chi connectivity index (χ2v) is 9.64. The Morgan fingerprint density at radius 1 is 1.26 bits per heavy atom. The van der Waals surface area contributed by atoms with Crippen molar-refractivity contribution in [3.63, 3.8) is 0 Å². The molecule has 1 amide bonds. The number of ether oxygens (including phenoxy) is 1. The van der Waals surface area contributed by atoms with E-state index >= 15 is 0 Å². The van der Waals surface area contributed by atoms with Crippen LogP contribution in [0.1, 0.15) is 37.8 Å². The Hall–Kier alpha value is -3.43. The Kier molecular flexibility index (Phi) is 5.04. The van der Waals surface area contributed by atoms with E-state index in [1.807, 2.05) is 13.8 Å². The van der Waals surface area contributed by atoms with E-state index in [-0.39, 0.29) is 36.3 Å². The van der Waals surface area contributed by atoms with Crippen molar-refractivity contribution in [2.24, 2.45) is 5.92 Å². The smallest absolute Gasteiger partial charge is 0.225 e. The van der Waals surface area contributed by atoms with Crippen molar-refractivity contribution in [3.8, 4) is 5.75 Å². The van der Waals surface area contributed by atoms with Gasteiger partial charge in [0.15, 0.2) is 5.65 Å². The quantitative estimate of drug-likeness (QED) is 0.620.